The molecule has 0 aliphatic heterocycles. The third-order valence-electron chi connectivity index (χ3n) is 5.31. The minimum atomic E-state index is -0.489. The first-order chi connectivity index (χ1) is 12.2. The molecule has 1 unspecified atom stereocenters. The molecule has 0 fully saturated rings. The van der Waals surface area contributed by atoms with Crippen molar-refractivity contribution >= 4 is 36.2 Å². The Kier molecular flexibility index (Phi) is 5.70. The zero-order valence-corrected chi connectivity index (χ0v) is 17.8. The van der Waals surface area contributed by atoms with Crippen LogP contribution in [0, 0.1) is 19.3 Å². The van der Waals surface area contributed by atoms with Gasteiger partial charge in [-0.25, -0.2) is 0 Å². The molecule has 2 aromatic rings. The van der Waals surface area contributed by atoms with Crippen molar-refractivity contribution in [2.75, 3.05) is 0 Å². The van der Waals surface area contributed by atoms with Gasteiger partial charge in [0.25, 0.3) is 0 Å². The summed E-state index contributed by atoms with van der Waals surface area (Å²) in [4.78, 5) is 0. The number of hydrogen-bond acceptors (Lipinski definition) is 0. The molecule has 2 heteroatoms. The summed E-state index contributed by atoms with van der Waals surface area (Å²) in [6.45, 7) is 11.5. The SMILES string of the molecule is [Li][C]1(C(P(c2ccc(C)cc2)c2ccc(C)cc2)C(C)(C)C)C=CC=C1. The van der Waals surface area contributed by atoms with Gasteiger partial charge >= 0.3 is 170 Å². The quantitative estimate of drug-likeness (QED) is 0.495. The normalized spacial score (nSPS) is 17.1. The molecule has 0 aromatic heterocycles. The van der Waals surface area contributed by atoms with Gasteiger partial charge in [-0.05, 0) is 0 Å². The molecule has 0 heterocycles. The van der Waals surface area contributed by atoms with Crippen LogP contribution in [0.4, 0.5) is 0 Å². The monoisotopic (exact) mass is 354 g/mol. The van der Waals surface area contributed by atoms with Gasteiger partial charge in [-0.1, -0.05) is 0 Å². The number of rotatable bonds is 4. The van der Waals surface area contributed by atoms with Gasteiger partial charge in [0, 0.05) is 0 Å². The first kappa shape index (κ1) is 19.7. The standard InChI is InChI=1S/C24H28P.Li/c1-18-10-14-21(15-11-18)25(22-16-12-19(2)13-17-22)23(24(3,4)5)20-8-6-7-9-20;/h6-17,23H,1-5H3;. The molecule has 0 saturated carbocycles. The summed E-state index contributed by atoms with van der Waals surface area (Å²) in [6, 6.07) is 18.5. The minimum absolute atomic E-state index is 0.0831. The maximum absolute atomic E-state index is 2.40. The van der Waals surface area contributed by atoms with E-state index in [2.05, 4.69) is 125 Å². The Labute approximate surface area is 169 Å². The van der Waals surface area contributed by atoms with E-state index in [0.29, 0.717) is 5.66 Å². The number of hydrogen-bond donors (Lipinski definition) is 0. The van der Waals surface area contributed by atoms with Gasteiger partial charge in [-0.3, -0.25) is 0 Å². The summed E-state index contributed by atoms with van der Waals surface area (Å²) in [5.74, 6) is 0. The molecular formula is C24H28LiP. The average Bonchev–Trinajstić information content (AvgIpc) is 3.00. The van der Waals surface area contributed by atoms with Gasteiger partial charge in [0.2, 0.25) is 0 Å². The number of aryl methyl sites for hydroxylation is 2. The van der Waals surface area contributed by atoms with Crippen molar-refractivity contribution in [1.82, 2.24) is 0 Å². The fourth-order valence-electron chi connectivity index (χ4n) is 4.22. The van der Waals surface area contributed by atoms with E-state index in [1.807, 2.05) is 0 Å². The van der Waals surface area contributed by atoms with Crippen molar-refractivity contribution < 1.29 is 0 Å². The van der Waals surface area contributed by atoms with E-state index in [1.54, 1.807) is 0 Å². The molecule has 26 heavy (non-hydrogen) atoms. The fourth-order valence-corrected chi connectivity index (χ4v) is 7.56. The van der Waals surface area contributed by atoms with Crippen LogP contribution in [0.15, 0.2) is 72.8 Å². The molecule has 0 nitrogen and oxygen atoms in total. The Morgan fingerprint density at radius 2 is 1.15 bits per heavy atom. The van der Waals surface area contributed by atoms with Gasteiger partial charge in [0.15, 0.2) is 0 Å². The molecule has 1 aliphatic carbocycles. The molecule has 2 aromatic carbocycles. The van der Waals surface area contributed by atoms with Gasteiger partial charge in [-0.15, -0.1) is 0 Å². The third kappa shape index (κ3) is 4.10. The first-order valence-electron chi connectivity index (χ1n) is 9.50. The Hall–Kier alpha value is -1.05. The van der Waals surface area contributed by atoms with Gasteiger partial charge in [0.05, 0.1) is 0 Å². The van der Waals surface area contributed by atoms with E-state index in [9.17, 15) is 0 Å². The van der Waals surface area contributed by atoms with Crippen molar-refractivity contribution in [3.8, 4) is 0 Å². The Morgan fingerprint density at radius 3 is 1.50 bits per heavy atom. The van der Waals surface area contributed by atoms with Crippen LogP contribution in [0.5, 0.6) is 0 Å². The molecule has 0 radical (unpaired) electrons. The van der Waals surface area contributed by atoms with Crippen molar-refractivity contribution in [3.05, 3.63) is 84.0 Å². The summed E-state index contributed by atoms with van der Waals surface area (Å²) in [6.07, 6.45) is 9.24. The zero-order chi connectivity index (χ0) is 18.9. The molecule has 0 amide bonds. The second kappa shape index (κ2) is 7.52. The Morgan fingerprint density at radius 1 is 0.769 bits per heavy atom. The molecule has 0 saturated heterocycles. The van der Waals surface area contributed by atoms with E-state index >= 15 is 0 Å². The van der Waals surface area contributed by atoms with Crippen LogP contribution in [-0.4, -0.2) is 23.4 Å². The summed E-state index contributed by atoms with van der Waals surface area (Å²) in [7, 11) is -0.489. The van der Waals surface area contributed by atoms with E-state index < -0.39 is 7.92 Å². The summed E-state index contributed by atoms with van der Waals surface area (Å²) in [5, 5.41) is 2.95. The predicted octanol–water partition coefficient (Wildman–Crippen LogP) is 5.60. The summed E-state index contributed by atoms with van der Waals surface area (Å²) in [5.41, 5.74) is 3.36. The van der Waals surface area contributed by atoms with Crippen LogP contribution >= 0.6 is 7.92 Å². The zero-order valence-electron chi connectivity index (χ0n) is 17.0. The van der Waals surface area contributed by atoms with Crippen LogP contribution in [-0.2, 0) is 0 Å². The van der Waals surface area contributed by atoms with E-state index in [1.165, 1.54) is 21.7 Å². The van der Waals surface area contributed by atoms with Crippen LogP contribution in [0.25, 0.3) is 0 Å². The molecule has 130 valence electrons. The molecule has 1 atom stereocenters. The van der Waals surface area contributed by atoms with Crippen molar-refractivity contribution in [3.63, 3.8) is 0 Å². The van der Waals surface area contributed by atoms with E-state index in [0.717, 1.165) is 0 Å². The number of benzene rings is 2. The molecule has 0 N–H and O–H groups in total. The van der Waals surface area contributed by atoms with E-state index in [4.69, 9.17) is 0 Å². The van der Waals surface area contributed by atoms with Crippen molar-refractivity contribution in [1.29, 1.82) is 0 Å². The molecule has 3 rings (SSSR count). The molecule has 0 bridgehead atoms. The predicted molar refractivity (Wildman–Crippen MR) is 119 cm³/mol. The van der Waals surface area contributed by atoms with Crippen LogP contribution in [0.3, 0.4) is 0 Å². The third-order valence-corrected chi connectivity index (χ3v) is 8.87. The second-order valence-electron chi connectivity index (χ2n) is 8.89. The first-order valence-corrected chi connectivity index (χ1v) is 10.9. The molecular weight excluding hydrogens is 326 g/mol. The topological polar surface area (TPSA) is 0 Å². The molecule has 1 aliphatic rings. The summed E-state index contributed by atoms with van der Waals surface area (Å²) < 4.78 is 0.0831. The van der Waals surface area contributed by atoms with Crippen LogP contribution in [0.1, 0.15) is 31.9 Å². The molecule has 0 spiro atoms. The maximum atomic E-state index is 2.40. The Balaban J connectivity index is 2.20. The summed E-state index contributed by atoms with van der Waals surface area (Å²) >= 11 is 2.40. The fraction of sp³-hybridized carbons (Fsp3) is 0.333. The van der Waals surface area contributed by atoms with Crippen molar-refractivity contribution in [2.24, 2.45) is 5.41 Å². The van der Waals surface area contributed by atoms with Gasteiger partial charge < -0.3 is 0 Å². The van der Waals surface area contributed by atoms with Crippen molar-refractivity contribution in [2.45, 2.75) is 44.4 Å². The number of allylic oxidation sites excluding steroid dienone is 4. The van der Waals surface area contributed by atoms with Gasteiger partial charge in [-0.2, -0.15) is 0 Å². The second-order valence-corrected chi connectivity index (χ2v) is 11.2. The van der Waals surface area contributed by atoms with Crippen LogP contribution in [0.2, 0.25) is 4.09 Å². The van der Waals surface area contributed by atoms with Crippen LogP contribution < -0.4 is 10.6 Å². The average molecular weight is 354 g/mol. The van der Waals surface area contributed by atoms with Gasteiger partial charge in [0.1, 0.15) is 0 Å². The van der Waals surface area contributed by atoms with E-state index in [-0.39, 0.29) is 9.50 Å². The Bertz CT molecular complexity index is 749.